The number of halogens is 1. The first-order valence-corrected chi connectivity index (χ1v) is 7.39. The molecule has 1 aromatic rings. The summed E-state index contributed by atoms with van der Waals surface area (Å²) in [6.07, 6.45) is 0. The predicted molar refractivity (Wildman–Crippen MR) is 68.9 cm³/mol. The Hall–Kier alpha value is 0.160. The minimum absolute atomic E-state index is 0.536. The smallest absolute Gasteiger partial charge is 0.207 e. The van der Waals surface area contributed by atoms with Crippen molar-refractivity contribution in [3.05, 3.63) is 9.47 Å². The van der Waals surface area contributed by atoms with Gasteiger partial charge in [-0.1, -0.05) is 25.2 Å². The summed E-state index contributed by atoms with van der Waals surface area (Å²) >= 11 is 9.05. The molecule has 0 unspecified atom stereocenters. The van der Waals surface area contributed by atoms with Crippen LogP contribution in [-0.2, 0) is 5.75 Å². The highest BCUT2D eigenvalue weighted by Crippen LogP contribution is 2.19. The predicted octanol–water partition coefficient (Wildman–Crippen LogP) is 2.77. The Bertz CT molecular complexity index is 276. The fraction of sp³-hybridized carbons (Fsp3) is 0.778. The lowest BCUT2D eigenvalue weighted by Gasteiger charge is -2.16. The summed E-state index contributed by atoms with van der Waals surface area (Å²) in [5, 5.41) is 8.77. The number of aromatic nitrogens is 2. The molecule has 0 saturated carbocycles. The van der Waals surface area contributed by atoms with E-state index in [1.165, 1.54) is 11.3 Å². The van der Waals surface area contributed by atoms with Crippen LogP contribution in [0.15, 0.2) is 0 Å². The van der Waals surface area contributed by atoms with E-state index in [1.54, 1.807) is 0 Å². The van der Waals surface area contributed by atoms with Crippen molar-refractivity contribution in [3.63, 3.8) is 0 Å². The molecule has 0 bridgehead atoms. The Morgan fingerprint density at radius 1 is 1.33 bits per heavy atom. The standard InChI is InChI=1S/C9H16ClN3S2/c1-3-13(4-2)5-6-14-7-8-11-12-9(10)15-8/h3-7H2,1-2H3. The fourth-order valence-corrected chi connectivity index (χ4v) is 3.10. The van der Waals surface area contributed by atoms with Crippen LogP contribution in [0.4, 0.5) is 0 Å². The van der Waals surface area contributed by atoms with Crippen LogP contribution in [0.3, 0.4) is 0 Å². The van der Waals surface area contributed by atoms with Gasteiger partial charge in [-0.3, -0.25) is 0 Å². The summed E-state index contributed by atoms with van der Waals surface area (Å²) in [7, 11) is 0. The van der Waals surface area contributed by atoms with Gasteiger partial charge < -0.3 is 4.90 Å². The van der Waals surface area contributed by atoms with Gasteiger partial charge in [0.15, 0.2) is 0 Å². The van der Waals surface area contributed by atoms with Crippen LogP contribution >= 0.6 is 34.7 Å². The lowest BCUT2D eigenvalue weighted by Crippen LogP contribution is -2.25. The molecule has 0 saturated heterocycles. The zero-order valence-corrected chi connectivity index (χ0v) is 11.5. The Morgan fingerprint density at radius 3 is 2.60 bits per heavy atom. The third-order valence-electron chi connectivity index (χ3n) is 2.11. The number of thioether (sulfide) groups is 1. The molecule has 0 aromatic carbocycles. The van der Waals surface area contributed by atoms with E-state index in [1.807, 2.05) is 11.8 Å². The molecular formula is C9H16ClN3S2. The highest BCUT2D eigenvalue weighted by molar-refractivity contribution is 7.98. The van der Waals surface area contributed by atoms with Gasteiger partial charge in [0.1, 0.15) is 5.01 Å². The van der Waals surface area contributed by atoms with Crippen molar-refractivity contribution in [1.29, 1.82) is 0 Å². The van der Waals surface area contributed by atoms with Gasteiger partial charge in [-0.15, -0.1) is 10.2 Å². The van der Waals surface area contributed by atoms with Crippen LogP contribution in [0.2, 0.25) is 4.47 Å². The lowest BCUT2D eigenvalue weighted by atomic mass is 10.5. The summed E-state index contributed by atoms with van der Waals surface area (Å²) < 4.78 is 0.536. The van der Waals surface area contributed by atoms with Crippen LogP contribution in [0.25, 0.3) is 0 Å². The number of hydrogen-bond acceptors (Lipinski definition) is 5. The third-order valence-corrected chi connectivity index (χ3v) is 4.26. The first kappa shape index (κ1) is 13.2. The van der Waals surface area contributed by atoms with Crippen LogP contribution in [0, 0.1) is 0 Å². The molecule has 0 aliphatic heterocycles. The van der Waals surface area contributed by atoms with E-state index in [0.29, 0.717) is 4.47 Å². The average molecular weight is 266 g/mol. The highest BCUT2D eigenvalue weighted by Gasteiger charge is 2.02. The van der Waals surface area contributed by atoms with Crippen molar-refractivity contribution in [1.82, 2.24) is 15.1 Å². The van der Waals surface area contributed by atoms with Gasteiger partial charge in [-0.2, -0.15) is 11.8 Å². The highest BCUT2D eigenvalue weighted by atomic mass is 35.5. The summed E-state index contributed by atoms with van der Waals surface area (Å²) in [6.45, 7) is 7.78. The molecular weight excluding hydrogens is 250 g/mol. The van der Waals surface area contributed by atoms with E-state index in [2.05, 4.69) is 28.9 Å². The largest absolute Gasteiger partial charge is 0.303 e. The molecule has 0 aliphatic rings. The van der Waals surface area contributed by atoms with E-state index < -0.39 is 0 Å². The molecule has 0 N–H and O–H groups in total. The minimum atomic E-state index is 0.536. The maximum atomic E-state index is 5.70. The second kappa shape index (κ2) is 7.44. The Balaban J connectivity index is 2.11. The van der Waals surface area contributed by atoms with Crippen molar-refractivity contribution in [3.8, 4) is 0 Å². The Morgan fingerprint density at radius 2 is 2.07 bits per heavy atom. The van der Waals surface area contributed by atoms with Crippen molar-refractivity contribution >= 4 is 34.7 Å². The average Bonchev–Trinajstić information content (AvgIpc) is 2.65. The maximum Gasteiger partial charge on any atom is 0.207 e. The van der Waals surface area contributed by atoms with E-state index >= 15 is 0 Å². The quantitative estimate of drug-likeness (QED) is 0.709. The molecule has 0 amide bonds. The molecule has 6 heteroatoms. The Kier molecular flexibility index (Phi) is 6.56. The van der Waals surface area contributed by atoms with Gasteiger partial charge in [0.25, 0.3) is 0 Å². The second-order valence-corrected chi connectivity index (χ2v) is 5.78. The second-order valence-electron chi connectivity index (χ2n) is 3.03. The number of nitrogens with zero attached hydrogens (tertiary/aromatic N) is 3. The van der Waals surface area contributed by atoms with Crippen LogP contribution < -0.4 is 0 Å². The molecule has 0 atom stereocenters. The number of rotatable bonds is 7. The van der Waals surface area contributed by atoms with Crippen LogP contribution in [0.1, 0.15) is 18.9 Å². The molecule has 0 spiro atoms. The van der Waals surface area contributed by atoms with E-state index in [9.17, 15) is 0 Å². The van der Waals surface area contributed by atoms with Crippen LogP contribution in [-0.4, -0.2) is 40.5 Å². The third kappa shape index (κ3) is 5.15. The molecule has 1 aromatic heterocycles. The molecule has 3 nitrogen and oxygen atoms in total. The topological polar surface area (TPSA) is 29.0 Å². The zero-order chi connectivity index (χ0) is 11.1. The zero-order valence-electron chi connectivity index (χ0n) is 9.07. The summed E-state index contributed by atoms with van der Waals surface area (Å²) in [6, 6.07) is 0. The van der Waals surface area contributed by atoms with E-state index in [-0.39, 0.29) is 0 Å². The van der Waals surface area contributed by atoms with Gasteiger partial charge in [-0.05, 0) is 24.7 Å². The summed E-state index contributed by atoms with van der Waals surface area (Å²) in [4.78, 5) is 2.42. The molecule has 0 radical (unpaired) electrons. The molecule has 0 fully saturated rings. The maximum absolute atomic E-state index is 5.70. The summed E-state index contributed by atoms with van der Waals surface area (Å²) in [5.74, 6) is 2.06. The monoisotopic (exact) mass is 265 g/mol. The summed E-state index contributed by atoms with van der Waals surface area (Å²) in [5.41, 5.74) is 0. The molecule has 86 valence electrons. The van der Waals surface area contributed by atoms with Crippen LogP contribution in [0.5, 0.6) is 0 Å². The van der Waals surface area contributed by atoms with Crippen molar-refractivity contribution in [2.75, 3.05) is 25.4 Å². The van der Waals surface area contributed by atoms with Gasteiger partial charge in [0.2, 0.25) is 4.47 Å². The lowest BCUT2D eigenvalue weighted by molar-refractivity contribution is 0.324. The van der Waals surface area contributed by atoms with Gasteiger partial charge in [-0.25, -0.2) is 0 Å². The molecule has 1 rings (SSSR count). The van der Waals surface area contributed by atoms with Gasteiger partial charge >= 0.3 is 0 Å². The first-order valence-electron chi connectivity index (χ1n) is 5.04. The molecule has 1 heterocycles. The first-order chi connectivity index (χ1) is 7.26. The molecule has 0 aliphatic carbocycles. The normalized spacial score (nSPS) is 11.2. The van der Waals surface area contributed by atoms with Gasteiger partial charge in [0.05, 0.1) is 0 Å². The number of hydrogen-bond donors (Lipinski definition) is 0. The van der Waals surface area contributed by atoms with E-state index in [0.717, 1.165) is 36.1 Å². The van der Waals surface area contributed by atoms with Gasteiger partial charge in [0, 0.05) is 18.1 Å². The fourth-order valence-electron chi connectivity index (χ4n) is 1.18. The SMILES string of the molecule is CCN(CC)CCSCc1nnc(Cl)s1. The minimum Gasteiger partial charge on any atom is -0.303 e. The van der Waals surface area contributed by atoms with Crippen molar-refractivity contribution in [2.45, 2.75) is 19.6 Å². The van der Waals surface area contributed by atoms with Crippen molar-refractivity contribution < 1.29 is 0 Å². The molecule has 15 heavy (non-hydrogen) atoms. The van der Waals surface area contributed by atoms with E-state index in [4.69, 9.17) is 11.6 Å². The van der Waals surface area contributed by atoms with Crippen molar-refractivity contribution in [2.24, 2.45) is 0 Å². The Labute approximate surface area is 104 Å².